The molecule has 0 bridgehead atoms. The highest BCUT2D eigenvalue weighted by atomic mass is 32.2. The molecule has 1 fully saturated rings. The van der Waals surface area contributed by atoms with Crippen molar-refractivity contribution in [3.63, 3.8) is 0 Å². The van der Waals surface area contributed by atoms with Gasteiger partial charge >= 0.3 is 0 Å². The van der Waals surface area contributed by atoms with Gasteiger partial charge in [-0.3, -0.25) is 0 Å². The number of hydrogen-bond donors (Lipinski definition) is 2. The molecule has 136 valence electrons. The molecular formula is C18H17F2N3O2S. The van der Waals surface area contributed by atoms with Crippen LogP contribution in [0.15, 0.2) is 47.5 Å². The Kier molecular flexibility index (Phi) is 4.26. The van der Waals surface area contributed by atoms with Crippen molar-refractivity contribution in [3.05, 3.63) is 54.2 Å². The fraction of sp³-hybridized carbons (Fsp3) is 0.222. The zero-order valence-corrected chi connectivity index (χ0v) is 14.6. The lowest BCUT2D eigenvalue weighted by Crippen LogP contribution is -2.46. The highest BCUT2D eigenvalue weighted by Gasteiger charge is 2.28. The van der Waals surface area contributed by atoms with Crippen LogP contribution in [0, 0.1) is 11.6 Å². The minimum Gasteiger partial charge on any atom is -0.360 e. The highest BCUT2D eigenvalue weighted by Crippen LogP contribution is 2.31. The Hall–Kier alpha value is -2.29. The van der Waals surface area contributed by atoms with E-state index in [0.717, 1.165) is 5.39 Å². The average Bonchev–Trinajstić information content (AvgIpc) is 3.05. The van der Waals surface area contributed by atoms with E-state index in [2.05, 4.69) is 10.3 Å². The van der Waals surface area contributed by atoms with E-state index in [4.69, 9.17) is 0 Å². The quantitative estimate of drug-likeness (QED) is 0.738. The normalized spacial score (nSPS) is 16.2. The molecule has 2 N–H and O–H groups in total. The molecule has 5 nitrogen and oxygen atoms in total. The van der Waals surface area contributed by atoms with E-state index in [1.165, 1.54) is 28.6 Å². The highest BCUT2D eigenvalue weighted by molar-refractivity contribution is 7.89. The van der Waals surface area contributed by atoms with Crippen LogP contribution >= 0.6 is 0 Å². The fourth-order valence-corrected chi connectivity index (χ4v) is 4.73. The van der Waals surface area contributed by atoms with Crippen molar-refractivity contribution in [2.75, 3.05) is 26.2 Å². The van der Waals surface area contributed by atoms with Crippen LogP contribution in [0.5, 0.6) is 0 Å². The zero-order valence-electron chi connectivity index (χ0n) is 13.8. The summed E-state index contributed by atoms with van der Waals surface area (Å²) in [6.45, 7) is 1.73. The lowest BCUT2D eigenvalue weighted by Gasteiger charge is -2.26. The number of sulfonamides is 1. The lowest BCUT2D eigenvalue weighted by molar-refractivity contribution is 0.358. The molecule has 8 heteroatoms. The van der Waals surface area contributed by atoms with Gasteiger partial charge in [-0.2, -0.15) is 4.31 Å². The van der Waals surface area contributed by atoms with Gasteiger partial charge in [-0.05, 0) is 35.9 Å². The van der Waals surface area contributed by atoms with Gasteiger partial charge in [0.25, 0.3) is 0 Å². The third-order valence-corrected chi connectivity index (χ3v) is 6.51. The van der Waals surface area contributed by atoms with Crippen LogP contribution in [0.4, 0.5) is 8.78 Å². The van der Waals surface area contributed by atoms with Crippen LogP contribution in [0.1, 0.15) is 0 Å². The maximum absolute atomic E-state index is 14.7. The van der Waals surface area contributed by atoms with Gasteiger partial charge in [0, 0.05) is 48.8 Å². The van der Waals surface area contributed by atoms with Gasteiger partial charge in [-0.1, -0.05) is 6.07 Å². The fourth-order valence-electron chi connectivity index (χ4n) is 3.24. The Morgan fingerprint density at radius 3 is 2.50 bits per heavy atom. The van der Waals surface area contributed by atoms with Gasteiger partial charge in [0.2, 0.25) is 10.0 Å². The molecule has 26 heavy (non-hydrogen) atoms. The smallest absolute Gasteiger partial charge is 0.246 e. The predicted molar refractivity (Wildman–Crippen MR) is 95.3 cm³/mol. The molecule has 2 heterocycles. The summed E-state index contributed by atoms with van der Waals surface area (Å²) in [6.07, 6.45) is 1.66. The molecular weight excluding hydrogens is 360 g/mol. The minimum atomic E-state index is -3.87. The molecule has 1 aliphatic heterocycles. The first-order valence-electron chi connectivity index (χ1n) is 8.24. The second kappa shape index (κ2) is 6.46. The molecule has 0 unspecified atom stereocenters. The number of nitrogens with zero attached hydrogens (tertiary/aromatic N) is 1. The van der Waals surface area contributed by atoms with Crippen molar-refractivity contribution in [3.8, 4) is 11.1 Å². The summed E-state index contributed by atoms with van der Waals surface area (Å²) in [5, 5.41) is 3.81. The first kappa shape index (κ1) is 17.1. The number of nitrogens with one attached hydrogen (secondary N) is 2. The summed E-state index contributed by atoms with van der Waals surface area (Å²) >= 11 is 0. The summed E-state index contributed by atoms with van der Waals surface area (Å²) in [4.78, 5) is 2.62. The number of H-pyrrole nitrogens is 1. The molecule has 3 aromatic rings. The van der Waals surface area contributed by atoms with Crippen molar-refractivity contribution in [2.24, 2.45) is 0 Å². The van der Waals surface area contributed by atoms with Crippen molar-refractivity contribution in [2.45, 2.75) is 4.90 Å². The summed E-state index contributed by atoms with van der Waals surface area (Å²) < 4.78 is 54.6. The largest absolute Gasteiger partial charge is 0.360 e. The number of aromatic nitrogens is 1. The molecule has 1 aromatic heterocycles. The van der Waals surface area contributed by atoms with E-state index in [9.17, 15) is 17.2 Å². The summed E-state index contributed by atoms with van der Waals surface area (Å²) in [5.74, 6) is -1.16. The zero-order chi connectivity index (χ0) is 18.3. The molecule has 0 spiro atoms. The molecule has 4 rings (SSSR count). The SMILES string of the molecule is O=S(=O)(c1ccc(-c2c[nH]c3cc(F)ccc23)cc1F)N1CCNCC1. The Balaban J connectivity index is 1.73. The van der Waals surface area contributed by atoms with Crippen LogP contribution in [-0.4, -0.2) is 43.9 Å². The van der Waals surface area contributed by atoms with Gasteiger partial charge in [0.1, 0.15) is 16.5 Å². The van der Waals surface area contributed by atoms with E-state index in [-0.39, 0.29) is 10.7 Å². The van der Waals surface area contributed by atoms with Gasteiger partial charge in [-0.25, -0.2) is 17.2 Å². The van der Waals surface area contributed by atoms with E-state index in [1.807, 2.05) is 0 Å². The second-order valence-electron chi connectivity index (χ2n) is 6.19. The van der Waals surface area contributed by atoms with E-state index >= 15 is 0 Å². The Labute approximate surface area is 149 Å². The third-order valence-electron chi connectivity index (χ3n) is 4.58. The van der Waals surface area contributed by atoms with Crippen molar-refractivity contribution < 1.29 is 17.2 Å². The Morgan fingerprint density at radius 1 is 1.00 bits per heavy atom. The van der Waals surface area contributed by atoms with E-state index in [1.54, 1.807) is 18.3 Å². The molecule has 1 aliphatic rings. The summed E-state index contributed by atoms with van der Waals surface area (Å²) in [7, 11) is -3.87. The minimum absolute atomic E-state index is 0.317. The number of hydrogen-bond acceptors (Lipinski definition) is 3. The van der Waals surface area contributed by atoms with Crippen molar-refractivity contribution in [1.82, 2.24) is 14.6 Å². The maximum Gasteiger partial charge on any atom is 0.246 e. The topological polar surface area (TPSA) is 65.2 Å². The Morgan fingerprint density at radius 2 is 1.77 bits per heavy atom. The monoisotopic (exact) mass is 377 g/mol. The van der Waals surface area contributed by atoms with Crippen LogP contribution in [0.25, 0.3) is 22.0 Å². The summed E-state index contributed by atoms with van der Waals surface area (Å²) in [5.41, 5.74) is 1.81. The van der Waals surface area contributed by atoms with E-state index < -0.39 is 15.8 Å². The third kappa shape index (κ3) is 2.90. The second-order valence-corrected chi connectivity index (χ2v) is 8.10. The molecule has 0 amide bonds. The standard InChI is InChI=1S/C18H17F2N3O2S/c19-13-2-3-14-15(11-22-17(14)10-13)12-1-4-18(16(20)9-12)26(24,25)23-7-5-21-6-8-23/h1-4,9-11,21-22H,5-8H2. The van der Waals surface area contributed by atoms with Crippen molar-refractivity contribution in [1.29, 1.82) is 0 Å². The predicted octanol–water partition coefficient (Wildman–Crippen LogP) is 2.71. The Bertz CT molecular complexity index is 1070. The molecule has 0 radical (unpaired) electrons. The number of piperazine rings is 1. The molecule has 0 atom stereocenters. The van der Waals surface area contributed by atoms with Crippen LogP contribution in [0.2, 0.25) is 0 Å². The number of halogens is 2. The molecule has 0 aliphatic carbocycles. The molecule has 1 saturated heterocycles. The van der Waals surface area contributed by atoms with Gasteiger partial charge < -0.3 is 10.3 Å². The number of rotatable bonds is 3. The van der Waals surface area contributed by atoms with Gasteiger partial charge in [0.15, 0.2) is 0 Å². The molecule has 2 aromatic carbocycles. The first-order valence-corrected chi connectivity index (χ1v) is 9.68. The summed E-state index contributed by atoms with van der Waals surface area (Å²) in [6, 6.07) is 8.38. The molecule has 0 saturated carbocycles. The van der Waals surface area contributed by atoms with Gasteiger partial charge in [-0.15, -0.1) is 0 Å². The number of aromatic amines is 1. The average molecular weight is 377 g/mol. The lowest BCUT2D eigenvalue weighted by atomic mass is 10.0. The van der Waals surface area contributed by atoms with Gasteiger partial charge in [0.05, 0.1) is 0 Å². The van der Waals surface area contributed by atoms with Crippen LogP contribution in [-0.2, 0) is 10.0 Å². The number of benzene rings is 2. The first-order chi connectivity index (χ1) is 12.5. The van der Waals surface area contributed by atoms with E-state index in [0.29, 0.717) is 42.8 Å². The van der Waals surface area contributed by atoms with Crippen LogP contribution < -0.4 is 5.32 Å². The number of fused-ring (bicyclic) bond motifs is 1. The maximum atomic E-state index is 14.7. The van der Waals surface area contributed by atoms with Crippen LogP contribution in [0.3, 0.4) is 0 Å². The van der Waals surface area contributed by atoms with Crippen molar-refractivity contribution >= 4 is 20.9 Å².